The van der Waals surface area contributed by atoms with E-state index >= 15 is 0 Å². The minimum atomic E-state index is -0.248. The predicted octanol–water partition coefficient (Wildman–Crippen LogP) is 3.45. The zero-order valence-corrected chi connectivity index (χ0v) is 13.9. The minimum Gasteiger partial charge on any atom is -0.497 e. The number of nitrogens with zero attached hydrogens (tertiary/aromatic N) is 1. The molecule has 0 bridgehead atoms. The van der Waals surface area contributed by atoms with Gasteiger partial charge in [0.25, 0.3) is 5.91 Å². The molecule has 0 heterocycles. The summed E-state index contributed by atoms with van der Waals surface area (Å²) in [6.45, 7) is 1.86. The number of rotatable bonds is 4. The maximum absolute atomic E-state index is 12.0. The van der Waals surface area contributed by atoms with Crippen molar-refractivity contribution < 1.29 is 9.53 Å². The van der Waals surface area contributed by atoms with Gasteiger partial charge in [-0.2, -0.15) is 5.10 Å². The average Bonchev–Trinajstić information content (AvgIpc) is 2.53. The third-order valence-corrected chi connectivity index (χ3v) is 3.66. The maximum atomic E-state index is 12.0. The first-order valence-electron chi connectivity index (χ1n) is 6.35. The first-order valence-corrected chi connectivity index (χ1v) is 7.42. The number of halogens is 1. The number of carbonyl (C=O) groups is 1. The van der Waals surface area contributed by atoms with Crippen molar-refractivity contribution in [3.63, 3.8) is 0 Å². The van der Waals surface area contributed by atoms with Crippen LogP contribution in [0.3, 0.4) is 0 Å². The first-order chi connectivity index (χ1) is 10.1. The summed E-state index contributed by atoms with van der Waals surface area (Å²) in [7, 11) is 1.59. The van der Waals surface area contributed by atoms with Crippen molar-refractivity contribution in [3.8, 4) is 5.75 Å². The van der Waals surface area contributed by atoms with E-state index in [1.807, 2.05) is 31.2 Å². The van der Waals surface area contributed by atoms with Gasteiger partial charge in [0.05, 0.1) is 12.8 Å². The van der Waals surface area contributed by atoms with Crippen LogP contribution in [0.25, 0.3) is 0 Å². The fourth-order valence-electron chi connectivity index (χ4n) is 1.70. The molecule has 5 heteroatoms. The molecule has 0 aromatic heterocycles. The molecule has 0 saturated carbocycles. The number of ether oxygens (including phenoxy) is 1. The Kier molecular flexibility index (Phi) is 5.32. The van der Waals surface area contributed by atoms with Gasteiger partial charge in [-0.15, -0.1) is 0 Å². The molecular formula is C16H15IN2O2. The highest BCUT2D eigenvalue weighted by molar-refractivity contribution is 14.1. The van der Waals surface area contributed by atoms with E-state index < -0.39 is 0 Å². The summed E-state index contributed by atoms with van der Waals surface area (Å²) in [5, 5.41) is 4.13. The molecule has 0 spiro atoms. The van der Waals surface area contributed by atoms with Crippen LogP contribution in [-0.2, 0) is 0 Å². The zero-order chi connectivity index (χ0) is 15.2. The average molecular weight is 394 g/mol. The van der Waals surface area contributed by atoms with Crippen molar-refractivity contribution in [2.75, 3.05) is 7.11 Å². The van der Waals surface area contributed by atoms with Crippen molar-refractivity contribution >= 4 is 34.2 Å². The van der Waals surface area contributed by atoms with Gasteiger partial charge < -0.3 is 4.74 Å². The predicted molar refractivity (Wildman–Crippen MR) is 91.8 cm³/mol. The van der Waals surface area contributed by atoms with Crippen molar-refractivity contribution in [2.45, 2.75) is 6.92 Å². The third-order valence-electron chi connectivity index (χ3n) is 2.94. The number of nitrogens with one attached hydrogen (secondary N) is 1. The highest BCUT2D eigenvalue weighted by Gasteiger charge is 2.05. The van der Waals surface area contributed by atoms with E-state index in [4.69, 9.17) is 4.74 Å². The Hall–Kier alpha value is -1.89. The number of methoxy groups -OCH3 is 1. The molecule has 0 radical (unpaired) electrons. The standard InChI is InChI=1S/C16H15IN2O2/c1-11(12-3-7-14(17)8-4-12)18-19-16(20)13-5-9-15(21-2)10-6-13/h3-10H,1-2H3,(H,19,20)/b18-11+. The topological polar surface area (TPSA) is 50.7 Å². The largest absolute Gasteiger partial charge is 0.497 e. The fraction of sp³-hybridized carbons (Fsp3) is 0.125. The molecule has 0 saturated heterocycles. The number of hydrogen-bond acceptors (Lipinski definition) is 3. The molecule has 1 N–H and O–H groups in total. The summed E-state index contributed by atoms with van der Waals surface area (Å²) in [6.07, 6.45) is 0. The van der Waals surface area contributed by atoms with E-state index in [9.17, 15) is 4.79 Å². The van der Waals surface area contributed by atoms with E-state index in [0.717, 1.165) is 14.8 Å². The van der Waals surface area contributed by atoms with E-state index in [-0.39, 0.29) is 5.91 Å². The van der Waals surface area contributed by atoms with Crippen LogP contribution in [0.2, 0.25) is 0 Å². The van der Waals surface area contributed by atoms with Gasteiger partial charge in [0.15, 0.2) is 0 Å². The summed E-state index contributed by atoms with van der Waals surface area (Å²) in [4.78, 5) is 12.0. The summed E-state index contributed by atoms with van der Waals surface area (Å²) < 4.78 is 6.21. The summed E-state index contributed by atoms with van der Waals surface area (Å²) in [6, 6.07) is 14.8. The zero-order valence-electron chi connectivity index (χ0n) is 11.8. The number of benzene rings is 2. The Balaban J connectivity index is 2.04. The van der Waals surface area contributed by atoms with Crippen molar-refractivity contribution in [3.05, 3.63) is 63.2 Å². The monoisotopic (exact) mass is 394 g/mol. The van der Waals surface area contributed by atoms with Gasteiger partial charge >= 0.3 is 0 Å². The molecule has 0 unspecified atom stereocenters. The number of carbonyl (C=O) groups excluding carboxylic acids is 1. The molecule has 108 valence electrons. The second-order valence-electron chi connectivity index (χ2n) is 4.37. The summed E-state index contributed by atoms with van der Waals surface area (Å²) in [5.74, 6) is 0.465. The van der Waals surface area contributed by atoms with Crippen LogP contribution in [0.15, 0.2) is 53.6 Å². The normalized spacial score (nSPS) is 11.1. The van der Waals surface area contributed by atoms with E-state index in [0.29, 0.717) is 11.3 Å². The summed E-state index contributed by atoms with van der Waals surface area (Å²) >= 11 is 2.25. The van der Waals surface area contributed by atoms with Crippen LogP contribution >= 0.6 is 22.6 Å². The molecular weight excluding hydrogens is 379 g/mol. The number of amides is 1. The van der Waals surface area contributed by atoms with Gasteiger partial charge in [-0.1, -0.05) is 12.1 Å². The van der Waals surface area contributed by atoms with Gasteiger partial charge in [0.1, 0.15) is 5.75 Å². The minimum absolute atomic E-state index is 0.248. The molecule has 2 aromatic carbocycles. The molecule has 2 aromatic rings. The Morgan fingerprint density at radius 3 is 2.19 bits per heavy atom. The maximum Gasteiger partial charge on any atom is 0.271 e. The molecule has 2 rings (SSSR count). The lowest BCUT2D eigenvalue weighted by Crippen LogP contribution is -2.19. The smallest absolute Gasteiger partial charge is 0.271 e. The molecule has 0 aliphatic rings. The Labute approximate surface area is 137 Å². The van der Waals surface area contributed by atoms with Crippen LogP contribution in [0, 0.1) is 3.57 Å². The Morgan fingerprint density at radius 2 is 1.62 bits per heavy atom. The van der Waals surface area contributed by atoms with E-state index in [1.54, 1.807) is 31.4 Å². The highest BCUT2D eigenvalue weighted by Crippen LogP contribution is 2.11. The third kappa shape index (κ3) is 4.29. The SMILES string of the molecule is COc1ccc(C(=O)N/N=C(\C)c2ccc(I)cc2)cc1. The van der Waals surface area contributed by atoms with Gasteiger partial charge in [-0.25, -0.2) is 5.43 Å². The lowest BCUT2D eigenvalue weighted by molar-refractivity contribution is 0.0955. The summed E-state index contributed by atoms with van der Waals surface area (Å²) in [5.41, 5.74) is 4.83. The molecule has 0 atom stereocenters. The molecule has 0 aliphatic carbocycles. The molecule has 21 heavy (non-hydrogen) atoms. The van der Waals surface area contributed by atoms with Gasteiger partial charge in [0.2, 0.25) is 0 Å². The molecule has 1 amide bonds. The highest BCUT2D eigenvalue weighted by atomic mass is 127. The second-order valence-corrected chi connectivity index (χ2v) is 5.62. The van der Waals surface area contributed by atoms with Gasteiger partial charge in [0, 0.05) is 9.13 Å². The first kappa shape index (κ1) is 15.5. The van der Waals surface area contributed by atoms with Gasteiger partial charge in [-0.05, 0) is 71.5 Å². The quantitative estimate of drug-likeness (QED) is 0.491. The Morgan fingerprint density at radius 1 is 1.05 bits per heavy atom. The fourth-order valence-corrected chi connectivity index (χ4v) is 2.06. The molecule has 0 aliphatic heterocycles. The van der Waals surface area contributed by atoms with Crippen molar-refractivity contribution in [1.29, 1.82) is 0 Å². The molecule has 4 nitrogen and oxygen atoms in total. The van der Waals surface area contributed by atoms with Crippen molar-refractivity contribution in [1.82, 2.24) is 5.43 Å². The van der Waals surface area contributed by atoms with Gasteiger partial charge in [-0.3, -0.25) is 4.79 Å². The van der Waals surface area contributed by atoms with Crippen LogP contribution in [0.5, 0.6) is 5.75 Å². The van der Waals surface area contributed by atoms with Crippen LogP contribution in [0.4, 0.5) is 0 Å². The lowest BCUT2D eigenvalue weighted by Gasteiger charge is -2.04. The second kappa shape index (κ2) is 7.21. The van der Waals surface area contributed by atoms with Crippen LogP contribution in [0.1, 0.15) is 22.8 Å². The number of hydrazone groups is 1. The Bertz CT molecular complexity index is 649. The van der Waals surface area contributed by atoms with E-state index in [1.165, 1.54) is 0 Å². The van der Waals surface area contributed by atoms with Crippen LogP contribution < -0.4 is 10.2 Å². The lowest BCUT2D eigenvalue weighted by atomic mass is 10.1. The van der Waals surface area contributed by atoms with Crippen LogP contribution in [-0.4, -0.2) is 18.7 Å². The van der Waals surface area contributed by atoms with Crippen molar-refractivity contribution in [2.24, 2.45) is 5.10 Å². The molecule has 0 fully saturated rings. The van der Waals surface area contributed by atoms with E-state index in [2.05, 4.69) is 33.1 Å². The number of hydrogen-bond donors (Lipinski definition) is 1.